The number of likely N-dealkylation sites (tertiary alicyclic amines) is 1. The molecule has 0 aromatic heterocycles. The number of sulfonamides is 1. The molecule has 2 rings (SSSR count). The van der Waals surface area contributed by atoms with Gasteiger partial charge in [-0.3, -0.25) is 4.79 Å². The van der Waals surface area contributed by atoms with Gasteiger partial charge in [-0.25, -0.2) is 13.1 Å². The van der Waals surface area contributed by atoms with Gasteiger partial charge in [-0.15, -0.1) is 0 Å². The first-order valence-electron chi connectivity index (χ1n) is 6.23. The Balaban J connectivity index is 2.06. The first-order valence-corrected chi connectivity index (χ1v) is 7.71. The monoisotopic (exact) mass is 282 g/mol. The molecule has 1 heterocycles. The Morgan fingerprint density at radius 2 is 1.95 bits per heavy atom. The van der Waals surface area contributed by atoms with Crippen LogP contribution in [0.2, 0.25) is 0 Å². The highest BCUT2D eigenvalue weighted by Gasteiger charge is 2.28. The van der Waals surface area contributed by atoms with E-state index in [1.807, 2.05) is 6.92 Å². The van der Waals surface area contributed by atoms with E-state index in [4.69, 9.17) is 0 Å². The van der Waals surface area contributed by atoms with Gasteiger partial charge in [-0.05, 0) is 25.5 Å². The Morgan fingerprint density at radius 1 is 1.32 bits per heavy atom. The van der Waals surface area contributed by atoms with Gasteiger partial charge in [-0.1, -0.05) is 17.7 Å². The molecule has 0 radical (unpaired) electrons. The minimum atomic E-state index is -3.50. The number of benzene rings is 1. The third-order valence-corrected chi connectivity index (χ3v) is 4.82. The first-order chi connectivity index (χ1) is 8.88. The van der Waals surface area contributed by atoms with Gasteiger partial charge in [0.15, 0.2) is 0 Å². The average molecular weight is 282 g/mol. The Kier molecular flexibility index (Phi) is 3.91. The van der Waals surface area contributed by atoms with Crippen molar-refractivity contribution in [3.8, 4) is 0 Å². The van der Waals surface area contributed by atoms with E-state index >= 15 is 0 Å². The molecule has 1 aliphatic heterocycles. The molecule has 1 amide bonds. The second-order valence-corrected chi connectivity index (χ2v) is 6.60. The Hall–Kier alpha value is -1.40. The van der Waals surface area contributed by atoms with Crippen molar-refractivity contribution in [2.75, 3.05) is 13.1 Å². The van der Waals surface area contributed by atoms with Crippen molar-refractivity contribution in [2.24, 2.45) is 0 Å². The quantitative estimate of drug-likeness (QED) is 0.895. The normalized spacial score (nSPS) is 19.7. The van der Waals surface area contributed by atoms with Gasteiger partial charge < -0.3 is 4.90 Å². The number of hydrogen-bond acceptors (Lipinski definition) is 3. The number of hydrogen-bond donors (Lipinski definition) is 1. The van der Waals surface area contributed by atoms with Crippen LogP contribution in [0.1, 0.15) is 18.9 Å². The molecule has 0 aliphatic carbocycles. The lowest BCUT2D eigenvalue weighted by atomic mass is 10.2. The molecule has 19 heavy (non-hydrogen) atoms. The standard InChI is InChI=1S/C13H18N2O3S/c1-10-3-5-13(6-4-10)19(17,18)14-12-7-8-15(9-12)11(2)16/h3-6,12,14H,7-9H2,1-2H3. The van der Waals surface area contributed by atoms with E-state index in [1.165, 1.54) is 6.92 Å². The summed E-state index contributed by atoms with van der Waals surface area (Å²) in [5.41, 5.74) is 1.02. The summed E-state index contributed by atoms with van der Waals surface area (Å²) >= 11 is 0. The van der Waals surface area contributed by atoms with Crippen LogP contribution in [-0.4, -0.2) is 38.4 Å². The number of nitrogens with one attached hydrogen (secondary N) is 1. The van der Waals surface area contributed by atoms with Crippen LogP contribution in [0.3, 0.4) is 0 Å². The van der Waals surface area contributed by atoms with E-state index < -0.39 is 10.0 Å². The van der Waals surface area contributed by atoms with E-state index in [2.05, 4.69) is 4.72 Å². The predicted molar refractivity (Wildman–Crippen MR) is 72.2 cm³/mol. The first kappa shape index (κ1) is 14.0. The molecule has 0 spiro atoms. The molecular weight excluding hydrogens is 264 g/mol. The van der Waals surface area contributed by atoms with E-state index in [9.17, 15) is 13.2 Å². The summed E-state index contributed by atoms with van der Waals surface area (Å²) in [5.74, 6) is -0.0166. The van der Waals surface area contributed by atoms with Gasteiger partial charge in [0.2, 0.25) is 15.9 Å². The molecule has 0 bridgehead atoms. The second kappa shape index (κ2) is 5.30. The zero-order valence-corrected chi connectivity index (χ0v) is 11.9. The average Bonchev–Trinajstić information content (AvgIpc) is 2.77. The maximum Gasteiger partial charge on any atom is 0.240 e. The topological polar surface area (TPSA) is 66.5 Å². The van der Waals surface area contributed by atoms with Crippen molar-refractivity contribution < 1.29 is 13.2 Å². The third-order valence-electron chi connectivity index (χ3n) is 3.29. The van der Waals surface area contributed by atoms with E-state index in [-0.39, 0.29) is 16.8 Å². The lowest BCUT2D eigenvalue weighted by Crippen LogP contribution is -2.37. The van der Waals surface area contributed by atoms with Gasteiger partial charge in [0.25, 0.3) is 0 Å². The third kappa shape index (κ3) is 3.33. The number of rotatable bonds is 3. The number of amides is 1. The number of carbonyl (C=O) groups is 1. The Morgan fingerprint density at radius 3 is 2.47 bits per heavy atom. The summed E-state index contributed by atoms with van der Waals surface area (Å²) in [6.07, 6.45) is 0.657. The summed E-state index contributed by atoms with van der Waals surface area (Å²) < 4.78 is 27.0. The molecule has 6 heteroatoms. The molecule has 1 fully saturated rings. The predicted octanol–water partition coefficient (Wildman–Crippen LogP) is 0.894. The molecule has 1 aromatic carbocycles. The minimum Gasteiger partial charge on any atom is -0.341 e. The second-order valence-electron chi connectivity index (χ2n) is 4.88. The molecular formula is C13H18N2O3S. The zero-order valence-electron chi connectivity index (χ0n) is 11.1. The maximum atomic E-state index is 12.2. The summed E-state index contributed by atoms with van der Waals surface area (Å²) in [6, 6.07) is 6.52. The van der Waals surface area contributed by atoms with E-state index in [0.29, 0.717) is 19.5 Å². The fourth-order valence-corrected chi connectivity index (χ4v) is 3.41. The molecule has 1 unspecified atom stereocenters. The van der Waals surface area contributed by atoms with E-state index in [1.54, 1.807) is 29.2 Å². The molecule has 1 N–H and O–H groups in total. The van der Waals surface area contributed by atoms with Gasteiger partial charge in [0.05, 0.1) is 4.90 Å². The smallest absolute Gasteiger partial charge is 0.240 e. The Bertz CT molecular complexity index is 566. The SMILES string of the molecule is CC(=O)N1CCC(NS(=O)(=O)c2ccc(C)cc2)C1. The van der Waals surface area contributed by atoms with Crippen LogP contribution in [0.15, 0.2) is 29.2 Å². The van der Waals surface area contributed by atoms with Crippen LogP contribution in [0.5, 0.6) is 0 Å². The highest BCUT2D eigenvalue weighted by Crippen LogP contribution is 2.15. The fourth-order valence-electron chi connectivity index (χ4n) is 2.15. The molecule has 1 aliphatic rings. The lowest BCUT2D eigenvalue weighted by Gasteiger charge is -2.15. The molecule has 0 saturated carbocycles. The van der Waals surface area contributed by atoms with Crippen LogP contribution >= 0.6 is 0 Å². The van der Waals surface area contributed by atoms with Crippen molar-refractivity contribution in [3.05, 3.63) is 29.8 Å². The summed E-state index contributed by atoms with van der Waals surface area (Å²) in [7, 11) is -3.50. The van der Waals surface area contributed by atoms with Gasteiger partial charge >= 0.3 is 0 Å². The fraction of sp³-hybridized carbons (Fsp3) is 0.462. The molecule has 1 saturated heterocycles. The number of carbonyl (C=O) groups excluding carboxylic acids is 1. The summed E-state index contributed by atoms with van der Waals surface area (Å²) in [6.45, 7) is 4.46. The minimum absolute atomic E-state index is 0.0166. The van der Waals surface area contributed by atoms with Crippen LogP contribution < -0.4 is 4.72 Å². The van der Waals surface area contributed by atoms with Crippen molar-refractivity contribution in [1.82, 2.24) is 9.62 Å². The van der Waals surface area contributed by atoms with Crippen molar-refractivity contribution in [3.63, 3.8) is 0 Å². The van der Waals surface area contributed by atoms with Gasteiger partial charge in [0, 0.05) is 26.1 Å². The maximum absolute atomic E-state index is 12.2. The largest absolute Gasteiger partial charge is 0.341 e. The van der Waals surface area contributed by atoms with Crippen molar-refractivity contribution in [2.45, 2.75) is 31.2 Å². The molecule has 1 atom stereocenters. The number of nitrogens with zero attached hydrogens (tertiary/aromatic N) is 1. The van der Waals surface area contributed by atoms with Crippen LogP contribution in [-0.2, 0) is 14.8 Å². The lowest BCUT2D eigenvalue weighted by molar-refractivity contribution is -0.127. The molecule has 104 valence electrons. The van der Waals surface area contributed by atoms with Crippen LogP contribution in [0.25, 0.3) is 0 Å². The summed E-state index contributed by atoms with van der Waals surface area (Å²) in [5, 5.41) is 0. The van der Waals surface area contributed by atoms with E-state index in [0.717, 1.165) is 5.56 Å². The van der Waals surface area contributed by atoms with Gasteiger partial charge in [-0.2, -0.15) is 0 Å². The van der Waals surface area contributed by atoms with Gasteiger partial charge in [0.1, 0.15) is 0 Å². The molecule has 5 nitrogen and oxygen atoms in total. The van der Waals surface area contributed by atoms with Crippen LogP contribution in [0.4, 0.5) is 0 Å². The number of aryl methyl sites for hydroxylation is 1. The Labute approximate surface area is 113 Å². The highest BCUT2D eigenvalue weighted by molar-refractivity contribution is 7.89. The molecule has 1 aromatic rings. The summed E-state index contributed by atoms with van der Waals surface area (Å²) in [4.78, 5) is 13.1. The highest BCUT2D eigenvalue weighted by atomic mass is 32.2. The van der Waals surface area contributed by atoms with Crippen molar-refractivity contribution >= 4 is 15.9 Å². The van der Waals surface area contributed by atoms with Crippen molar-refractivity contribution in [1.29, 1.82) is 0 Å². The zero-order chi connectivity index (χ0) is 14.0. The van der Waals surface area contributed by atoms with Crippen LogP contribution in [0, 0.1) is 6.92 Å².